The number of aryl methyl sites for hydroxylation is 1. The van der Waals surface area contributed by atoms with E-state index >= 15 is 0 Å². The molecule has 1 unspecified atom stereocenters. The largest absolute Gasteiger partial charge is 0.482 e. The van der Waals surface area contributed by atoms with Crippen molar-refractivity contribution >= 4 is 5.97 Å². The fourth-order valence-corrected chi connectivity index (χ4v) is 3.94. The molecule has 1 atom stereocenters. The topological polar surface area (TPSA) is 46.5 Å². The monoisotopic (exact) mass is 376 g/mol. The summed E-state index contributed by atoms with van der Waals surface area (Å²) in [5.41, 5.74) is 5.71. The maximum Gasteiger partial charge on any atom is 0.341 e. The van der Waals surface area contributed by atoms with E-state index in [1.807, 2.05) is 24.3 Å². The van der Waals surface area contributed by atoms with Crippen LogP contribution in [0.25, 0.3) is 11.1 Å². The van der Waals surface area contributed by atoms with Crippen molar-refractivity contribution in [3.05, 3.63) is 89.2 Å². The zero-order valence-corrected chi connectivity index (χ0v) is 15.4. The van der Waals surface area contributed by atoms with Crippen LogP contribution >= 0.6 is 0 Å². The maximum atomic E-state index is 13.6. The van der Waals surface area contributed by atoms with Crippen LogP contribution in [0.4, 0.5) is 4.39 Å². The van der Waals surface area contributed by atoms with Gasteiger partial charge in [0.15, 0.2) is 6.61 Å². The fourth-order valence-electron chi connectivity index (χ4n) is 3.94. The summed E-state index contributed by atoms with van der Waals surface area (Å²) in [5, 5.41) is 8.77. The second-order valence-corrected chi connectivity index (χ2v) is 7.19. The number of fused-ring (bicyclic) bond motifs is 1. The predicted octanol–water partition coefficient (Wildman–Crippen LogP) is 5.23. The van der Waals surface area contributed by atoms with Crippen LogP contribution in [0.1, 0.15) is 29.0 Å². The number of hydrogen-bond acceptors (Lipinski definition) is 2. The van der Waals surface area contributed by atoms with Gasteiger partial charge < -0.3 is 9.84 Å². The summed E-state index contributed by atoms with van der Waals surface area (Å²) in [5.74, 6) is -0.252. The SMILES string of the molecule is O=C(O)COc1cccc(CC2CCc3ccc(-c4cccc(F)c4)cc32)c1. The average Bonchev–Trinajstić information content (AvgIpc) is 3.09. The van der Waals surface area contributed by atoms with Crippen molar-refractivity contribution in [2.24, 2.45) is 0 Å². The molecule has 0 aromatic heterocycles. The molecule has 3 aromatic rings. The van der Waals surface area contributed by atoms with Crippen LogP contribution in [0.2, 0.25) is 0 Å². The molecule has 0 aliphatic heterocycles. The smallest absolute Gasteiger partial charge is 0.341 e. The van der Waals surface area contributed by atoms with E-state index < -0.39 is 5.97 Å². The molecule has 0 saturated heterocycles. The van der Waals surface area contributed by atoms with Gasteiger partial charge in [-0.25, -0.2) is 9.18 Å². The zero-order chi connectivity index (χ0) is 19.5. The van der Waals surface area contributed by atoms with Crippen molar-refractivity contribution < 1.29 is 19.0 Å². The Morgan fingerprint density at radius 3 is 2.68 bits per heavy atom. The van der Waals surface area contributed by atoms with Gasteiger partial charge in [-0.15, -0.1) is 0 Å². The number of carbonyl (C=O) groups is 1. The Morgan fingerprint density at radius 2 is 1.86 bits per heavy atom. The quantitative estimate of drug-likeness (QED) is 0.641. The summed E-state index contributed by atoms with van der Waals surface area (Å²) >= 11 is 0. The lowest BCUT2D eigenvalue weighted by atomic mass is 9.91. The first-order chi connectivity index (χ1) is 13.6. The Labute approximate surface area is 163 Å². The van der Waals surface area contributed by atoms with Crippen LogP contribution in [0, 0.1) is 5.82 Å². The van der Waals surface area contributed by atoms with Crippen molar-refractivity contribution in [2.45, 2.75) is 25.2 Å². The Hall–Kier alpha value is -3.14. The number of ether oxygens (including phenoxy) is 1. The van der Waals surface area contributed by atoms with Gasteiger partial charge in [-0.3, -0.25) is 0 Å². The van der Waals surface area contributed by atoms with Crippen LogP contribution in [0.15, 0.2) is 66.7 Å². The Balaban J connectivity index is 1.55. The summed E-state index contributed by atoms with van der Waals surface area (Å²) in [6.45, 7) is -0.341. The molecule has 0 bridgehead atoms. The standard InChI is InChI=1S/C24H21FO3/c25-21-5-2-4-18(13-21)19-9-7-17-8-10-20(23(17)14-19)11-16-3-1-6-22(12-16)28-15-24(26)27/h1-7,9,12-14,20H,8,10-11,15H2,(H,26,27). The van der Waals surface area contributed by atoms with Crippen LogP contribution in [0.3, 0.4) is 0 Å². The molecule has 28 heavy (non-hydrogen) atoms. The molecule has 0 radical (unpaired) electrons. The molecule has 1 N–H and O–H groups in total. The Kier molecular flexibility index (Phi) is 5.11. The van der Waals surface area contributed by atoms with Crippen molar-refractivity contribution in [3.63, 3.8) is 0 Å². The number of carboxylic acid groups (broad SMARTS) is 1. The molecular formula is C24H21FO3. The lowest BCUT2D eigenvalue weighted by Crippen LogP contribution is -2.09. The second kappa shape index (κ2) is 7.85. The molecule has 1 aliphatic carbocycles. The highest BCUT2D eigenvalue weighted by atomic mass is 19.1. The molecule has 1 aliphatic rings. The third-order valence-electron chi connectivity index (χ3n) is 5.25. The van der Waals surface area contributed by atoms with Gasteiger partial charge in [-0.2, -0.15) is 0 Å². The molecule has 0 amide bonds. The fraction of sp³-hybridized carbons (Fsp3) is 0.208. The van der Waals surface area contributed by atoms with Crippen molar-refractivity contribution in [1.29, 1.82) is 0 Å². The number of hydrogen-bond donors (Lipinski definition) is 1. The van der Waals surface area contributed by atoms with Crippen LogP contribution in [0.5, 0.6) is 5.75 Å². The molecule has 0 fully saturated rings. The molecule has 3 aromatic carbocycles. The lowest BCUT2D eigenvalue weighted by Gasteiger charge is -2.14. The molecule has 0 saturated carbocycles. The molecule has 142 valence electrons. The average molecular weight is 376 g/mol. The van der Waals surface area contributed by atoms with E-state index in [0.29, 0.717) is 11.7 Å². The van der Waals surface area contributed by atoms with E-state index in [-0.39, 0.29) is 12.4 Å². The van der Waals surface area contributed by atoms with Gasteiger partial charge in [0.05, 0.1) is 0 Å². The number of carboxylic acids is 1. The van der Waals surface area contributed by atoms with Gasteiger partial charge in [0.25, 0.3) is 0 Å². The highest BCUT2D eigenvalue weighted by Crippen LogP contribution is 2.38. The van der Waals surface area contributed by atoms with Gasteiger partial charge in [0, 0.05) is 0 Å². The van der Waals surface area contributed by atoms with E-state index in [4.69, 9.17) is 9.84 Å². The van der Waals surface area contributed by atoms with E-state index in [1.54, 1.807) is 18.2 Å². The number of aliphatic carboxylic acids is 1. The van der Waals surface area contributed by atoms with Crippen LogP contribution in [-0.2, 0) is 17.6 Å². The predicted molar refractivity (Wildman–Crippen MR) is 106 cm³/mol. The van der Waals surface area contributed by atoms with Gasteiger partial charge in [-0.05, 0) is 77.3 Å². The Bertz CT molecular complexity index is 1010. The first kappa shape index (κ1) is 18.2. The molecular weight excluding hydrogens is 355 g/mol. The van der Waals surface area contributed by atoms with Crippen molar-refractivity contribution in [1.82, 2.24) is 0 Å². The zero-order valence-electron chi connectivity index (χ0n) is 15.4. The molecule has 0 spiro atoms. The normalized spacial score (nSPS) is 15.2. The number of halogens is 1. The third kappa shape index (κ3) is 4.06. The van der Waals surface area contributed by atoms with E-state index in [9.17, 15) is 9.18 Å². The minimum atomic E-state index is -0.986. The molecule has 0 heterocycles. The van der Waals surface area contributed by atoms with Crippen LogP contribution in [-0.4, -0.2) is 17.7 Å². The highest BCUT2D eigenvalue weighted by molar-refractivity contribution is 5.68. The van der Waals surface area contributed by atoms with Gasteiger partial charge >= 0.3 is 5.97 Å². The van der Waals surface area contributed by atoms with E-state index in [2.05, 4.69) is 18.2 Å². The van der Waals surface area contributed by atoms with E-state index in [0.717, 1.165) is 36.0 Å². The number of benzene rings is 3. The second-order valence-electron chi connectivity index (χ2n) is 7.19. The first-order valence-corrected chi connectivity index (χ1v) is 9.41. The van der Waals surface area contributed by atoms with Gasteiger partial charge in [0.1, 0.15) is 11.6 Å². The Morgan fingerprint density at radius 1 is 1.04 bits per heavy atom. The molecule has 4 rings (SSSR count). The summed E-state index contributed by atoms with van der Waals surface area (Å²) in [7, 11) is 0. The summed E-state index contributed by atoms with van der Waals surface area (Å²) in [6, 6.07) is 20.7. The molecule has 3 nitrogen and oxygen atoms in total. The minimum Gasteiger partial charge on any atom is -0.482 e. The van der Waals surface area contributed by atoms with Crippen LogP contribution < -0.4 is 4.74 Å². The maximum absolute atomic E-state index is 13.6. The minimum absolute atomic E-state index is 0.229. The van der Waals surface area contributed by atoms with Crippen molar-refractivity contribution in [3.8, 4) is 16.9 Å². The number of rotatable bonds is 6. The van der Waals surface area contributed by atoms with Gasteiger partial charge in [-0.1, -0.05) is 42.5 Å². The molecule has 4 heteroatoms. The summed E-state index contributed by atoms with van der Waals surface area (Å²) in [6.07, 6.45) is 2.98. The third-order valence-corrected chi connectivity index (χ3v) is 5.25. The first-order valence-electron chi connectivity index (χ1n) is 9.41. The van der Waals surface area contributed by atoms with Gasteiger partial charge in [0.2, 0.25) is 0 Å². The van der Waals surface area contributed by atoms with E-state index in [1.165, 1.54) is 17.2 Å². The summed E-state index contributed by atoms with van der Waals surface area (Å²) in [4.78, 5) is 10.7. The highest BCUT2D eigenvalue weighted by Gasteiger charge is 2.23. The van der Waals surface area contributed by atoms with Crippen molar-refractivity contribution in [2.75, 3.05) is 6.61 Å². The lowest BCUT2D eigenvalue weighted by molar-refractivity contribution is -0.139. The summed E-state index contributed by atoms with van der Waals surface area (Å²) < 4.78 is 18.9.